The summed E-state index contributed by atoms with van der Waals surface area (Å²) in [7, 11) is -3.91. The summed E-state index contributed by atoms with van der Waals surface area (Å²) in [5.41, 5.74) is 0.944. The van der Waals surface area contributed by atoms with E-state index in [-0.39, 0.29) is 11.4 Å². The maximum Gasteiger partial charge on any atom is 0.322 e. The maximum absolute atomic E-state index is 13.2. The molecule has 1 aromatic heterocycles. The standard InChI is InChI=1S/C18H20N2O4S/c1-12-6-7-14(15-13(12)5-4-10-19-15)25(23,24)20-11-18(8-2-3-9-18)16(20)17(21)22/h4-7,10,16H,2-3,8-9,11H2,1H3,(H,21,22). The highest BCUT2D eigenvalue weighted by Gasteiger charge is 2.61. The van der Waals surface area contributed by atoms with Gasteiger partial charge in [0.05, 0.1) is 5.52 Å². The van der Waals surface area contributed by atoms with E-state index in [1.54, 1.807) is 24.4 Å². The molecule has 0 amide bonds. The molecule has 1 saturated carbocycles. The van der Waals surface area contributed by atoms with Crippen LogP contribution >= 0.6 is 0 Å². The van der Waals surface area contributed by atoms with Gasteiger partial charge in [-0.3, -0.25) is 9.78 Å². The first-order valence-corrected chi connectivity index (χ1v) is 9.90. The third-order valence-electron chi connectivity index (χ3n) is 5.71. The number of fused-ring (bicyclic) bond motifs is 1. The fourth-order valence-electron chi connectivity index (χ4n) is 4.42. The molecule has 2 aliphatic rings. The Hall–Kier alpha value is -1.99. The smallest absolute Gasteiger partial charge is 0.322 e. The van der Waals surface area contributed by atoms with Gasteiger partial charge < -0.3 is 5.11 Å². The van der Waals surface area contributed by atoms with E-state index in [2.05, 4.69) is 4.98 Å². The first-order valence-electron chi connectivity index (χ1n) is 8.46. The van der Waals surface area contributed by atoms with Crippen LogP contribution in [-0.2, 0) is 14.8 Å². The number of rotatable bonds is 3. The molecule has 2 fully saturated rings. The number of benzene rings is 1. The van der Waals surface area contributed by atoms with Crippen molar-refractivity contribution in [3.05, 3.63) is 36.0 Å². The van der Waals surface area contributed by atoms with E-state index in [4.69, 9.17) is 0 Å². The van der Waals surface area contributed by atoms with Gasteiger partial charge in [0, 0.05) is 23.5 Å². The fourth-order valence-corrected chi connectivity index (χ4v) is 6.34. The molecule has 1 N–H and O–H groups in total. The molecule has 1 aliphatic heterocycles. The van der Waals surface area contributed by atoms with Crippen LogP contribution in [0.5, 0.6) is 0 Å². The molecular formula is C18H20N2O4S. The zero-order valence-corrected chi connectivity index (χ0v) is 14.8. The van der Waals surface area contributed by atoms with Crippen molar-refractivity contribution in [2.75, 3.05) is 6.54 Å². The number of aromatic nitrogens is 1. The van der Waals surface area contributed by atoms with Gasteiger partial charge >= 0.3 is 5.97 Å². The number of carboxylic acid groups (broad SMARTS) is 1. The van der Waals surface area contributed by atoms with Crippen molar-refractivity contribution in [1.29, 1.82) is 0 Å². The molecular weight excluding hydrogens is 340 g/mol. The van der Waals surface area contributed by atoms with Crippen molar-refractivity contribution in [3.8, 4) is 0 Å². The lowest BCUT2D eigenvalue weighted by atomic mass is 9.72. The van der Waals surface area contributed by atoms with Gasteiger partial charge in [-0.15, -0.1) is 0 Å². The second-order valence-electron chi connectivity index (χ2n) is 7.14. The number of hydrogen-bond acceptors (Lipinski definition) is 4. The number of pyridine rings is 1. The SMILES string of the molecule is Cc1ccc(S(=O)(=O)N2CC3(CCCC3)C2C(=O)O)c2ncccc12. The van der Waals surface area contributed by atoms with Crippen LogP contribution in [0.1, 0.15) is 31.2 Å². The van der Waals surface area contributed by atoms with Gasteiger partial charge in [-0.2, -0.15) is 4.31 Å². The van der Waals surface area contributed by atoms with Crippen LogP contribution < -0.4 is 0 Å². The molecule has 1 aromatic carbocycles. The van der Waals surface area contributed by atoms with E-state index < -0.39 is 27.4 Å². The van der Waals surface area contributed by atoms with E-state index in [0.717, 1.165) is 40.9 Å². The van der Waals surface area contributed by atoms with Crippen LogP contribution in [-0.4, -0.2) is 41.4 Å². The van der Waals surface area contributed by atoms with Crippen LogP contribution in [0.4, 0.5) is 0 Å². The van der Waals surface area contributed by atoms with Crippen molar-refractivity contribution >= 4 is 26.9 Å². The second kappa shape index (κ2) is 5.51. The summed E-state index contributed by atoms with van der Waals surface area (Å²) >= 11 is 0. The van der Waals surface area contributed by atoms with Crippen molar-refractivity contribution < 1.29 is 18.3 Å². The molecule has 132 valence electrons. The topological polar surface area (TPSA) is 87.6 Å². The Balaban J connectivity index is 1.81. The van der Waals surface area contributed by atoms with Crippen LogP contribution in [0.2, 0.25) is 0 Å². The van der Waals surface area contributed by atoms with Gasteiger partial charge in [0.15, 0.2) is 0 Å². The minimum Gasteiger partial charge on any atom is -0.480 e. The molecule has 6 nitrogen and oxygen atoms in total. The van der Waals surface area contributed by atoms with E-state index >= 15 is 0 Å². The maximum atomic E-state index is 13.2. The van der Waals surface area contributed by atoms with Gasteiger partial charge in [-0.05, 0) is 37.5 Å². The largest absolute Gasteiger partial charge is 0.480 e. The average molecular weight is 360 g/mol. The molecule has 1 unspecified atom stereocenters. The summed E-state index contributed by atoms with van der Waals surface area (Å²) in [6, 6.07) is 5.92. The fraction of sp³-hybridized carbons (Fsp3) is 0.444. The average Bonchev–Trinajstić information content (AvgIpc) is 3.04. The molecule has 7 heteroatoms. The van der Waals surface area contributed by atoms with Crippen molar-refractivity contribution in [2.45, 2.75) is 43.5 Å². The minimum atomic E-state index is -3.91. The Morgan fingerprint density at radius 1 is 1.28 bits per heavy atom. The Morgan fingerprint density at radius 2 is 2.00 bits per heavy atom. The molecule has 0 radical (unpaired) electrons. The highest BCUT2D eigenvalue weighted by Crippen LogP contribution is 2.52. The van der Waals surface area contributed by atoms with E-state index in [0.29, 0.717) is 5.52 Å². The lowest BCUT2D eigenvalue weighted by Crippen LogP contribution is -2.68. The predicted molar refractivity (Wildman–Crippen MR) is 92.7 cm³/mol. The molecule has 1 saturated heterocycles. The van der Waals surface area contributed by atoms with Gasteiger partial charge in [0.1, 0.15) is 10.9 Å². The normalized spacial score (nSPS) is 23.0. The highest BCUT2D eigenvalue weighted by molar-refractivity contribution is 7.89. The molecule has 2 heterocycles. The monoisotopic (exact) mass is 360 g/mol. The molecule has 2 aromatic rings. The summed E-state index contributed by atoms with van der Waals surface area (Å²) in [6.45, 7) is 2.19. The third kappa shape index (κ3) is 2.29. The zero-order chi connectivity index (χ0) is 17.8. The van der Waals surface area contributed by atoms with Crippen molar-refractivity contribution in [3.63, 3.8) is 0 Å². The van der Waals surface area contributed by atoms with Crippen LogP contribution in [0.25, 0.3) is 10.9 Å². The predicted octanol–water partition coefficient (Wildman–Crippen LogP) is 2.56. The Kier molecular flexibility index (Phi) is 3.63. The second-order valence-corrected chi connectivity index (χ2v) is 9.00. The molecule has 25 heavy (non-hydrogen) atoms. The number of aliphatic carboxylic acids is 1. The first kappa shape index (κ1) is 16.5. The van der Waals surface area contributed by atoms with Gasteiger partial charge in [-0.25, -0.2) is 8.42 Å². The van der Waals surface area contributed by atoms with Gasteiger partial charge in [0.2, 0.25) is 10.0 Å². The molecule has 1 spiro atoms. The Labute approximate surface area is 146 Å². The molecule has 1 atom stereocenters. The zero-order valence-electron chi connectivity index (χ0n) is 14.0. The van der Waals surface area contributed by atoms with Gasteiger partial charge in [-0.1, -0.05) is 25.0 Å². The number of carbonyl (C=O) groups is 1. The van der Waals surface area contributed by atoms with E-state index in [1.165, 1.54) is 0 Å². The number of aryl methyl sites for hydroxylation is 1. The summed E-state index contributed by atoms with van der Waals surface area (Å²) in [5, 5.41) is 10.4. The summed E-state index contributed by atoms with van der Waals surface area (Å²) in [5.74, 6) is -1.05. The molecule has 0 bridgehead atoms. The molecule has 1 aliphatic carbocycles. The lowest BCUT2D eigenvalue weighted by molar-refractivity contribution is -0.155. The summed E-state index contributed by atoms with van der Waals surface area (Å²) in [4.78, 5) is 16.2. The van der Waals surface area contributed by atoms with Gasteiger partial charge in [0.25, 0.3) is 0 Å². The Bertz CT molecular complexity index is 964. The summed E-state index contributed by atoms with van der Waals surface area (Å²) in [6.07, 6.45) is 5.05. The quantitative estimate of drug-likeness (QED) is 0.909. The van der Waals surface area contributed by atoms with E-state index in [1.807, 2.05) is 13.0 Å². The van der Waals surface area contributed by atoms with Crippen molar-refractivity contribution in [1.82, 2.24) is 9.29 Å². The van der Waals surface area contributed by atoms with Crippen LogP contribution in [0, 0.1) is 12.3 Å². The molecule has 4 rings (SSSR count). The third-order valence-corrected chi connectivity index (χ3v) is 7.55. The Morgan fingerprint density at radius 3 is 2.68 bits per heavy atom. The van der Waals surface area contributed by atoms with Crippen LogP contribution in [0.3, 0.4) is 0 Å². The number of sulfonamides is 1. The lowest BCUT2D eigenvalue weighted by Gasteiger charge is -2.52. The van der Waals surface area contributed by atoms with Crippen molar-refractivity contribution in [2.24, 2.45) is 5.41 Å². The number of nitrogens with zero attached hydrogens (tertiary/aromatic N) is 2. The minimum absolute atomic E-state index is 0.0906. The number of hydrogen-bond donors (Lipinski definition) is 1. The highest BCUT2D eigenvalue weighted by atomic mass is 32.2. The van der Waals surface area contributed by atoms with Crippen LogP contribution in [0.15, 0.2) is 35.4 Å². The van der Waals surface area contributed by atoms with E-state index in [9.17, 15) is 18.3 Å². The first-order chi connectivity index (χ1) is 11.9. The summed E-state index contributed by atoms with van der Waals surface area (Å²) < 4.78 is 27.6. The number of carboxylic acids is 1.